The molecule has 1 unspecified atom stereocenters. The first-order valence-electron chi connectivity index (χ1n) is 6.50. The highest BCUT2D eigenvalue weighted by molar-refractivity contribution is 7.90. The summed E-state index contributed by atoms with van der Waals surface area (Å²) in [5.74, 6) is -0.904. The van der Waals surface area contributed by atoms with Gasteiger partial charge in [0.15, 0.2) is 9.84 Å². The highest BCUT2D eigenvalue weighted by atomic mass is 32.2. The van der Waals surface area contributed by atoms with E-state index in [-0.39, 0.29) is 22.7 Å². The number of benzene rings is 1. The summed E-state index contributed by atoms with van der Waals surface area (Å²) in [7, 11) is -2.03. The molecule has 2 rings (SSSR count). The molecule has 1 aliphatic heterocycles. The topological polar surface area (TPSA) is 80.8 Å². The third-order valence-electron chi connectivity index (χ3n) is 3.52. The minimum Gasteiger partial charge on any atom is -0.469 e. The summed E-state index contributed by atoms with van der Waals surface area (Å²) in [4.78, 5) is 25.5. The molecule has 21 heavy (non-hydrogen) atoms. The fourth-order valence-electron chi connectivity index (χ4n) is 2.35. The Kier molecular flexibility index (Phi) is 4.32. The van der Waals surface area contributed by atoms with Crippen molar-refractivity contribution in [2.75, 3.05) is 26.5 Å². The van der Waals surface area contributed by atoms with Crippen molar-refractivity contribution in [3.8, 4) is 0 Å². The zero-order valence-electron chi connectivity index (χ0n) is 11.9. The van der Waals surface area contributed by atoms with Gasteiger partial charge < -0.3 is 9.64 Å². The largest absolute Gasteiger partial charge is 0.469 e. The molecule has 0 aromatic heterocycles. The molecule has 0 aliphatic carbocycles. The predicted octanol–water partition coefficient (Wildman–Crippen LogP) is 0.725. The molecule has 1 atom stereocenters. The number of amides is 1. The van der Waals surface area contributed by atoms with E-state index in [4.69, 9.17) is 0 Å². The molecule has 6 nitrogen and oxygen atoms in total. The minimum atomic E-state index is -3.36. The number of methoxy groups -OCH3 is 1. The molecular formula is C14H17NO5S. The molecule has 1 heterocycles. The second-order valence-electron chi connectivity index (χ2n) is 5.06. The summed E-state index contributed by atoms with van der Waals surface area (Å²) in [5, 5.41) is 0. The average molecular weight is 311 g/mol. The molecular weight excluding hydrogens is 294 g/mol. The van der Waals surface area contributed by atoms with Crippen molar-refractivity contribution in [2.45, 2.75) is 11.3 Å². The number of carbonyl (C=O) groups excluding carboxylic acids is 2. The van der Waals surface area contributed by atoms with Crippen LogP contribution in [0.4, 0.5) is 0 Å². The lowest BCUT2D eigenvalue weighted by atomic mass is 10.1. The van der Waals surface area contributed by atoms with Crippen LogP contribution in [-0.4, -0.2) is 51.6 Å². The summed E-state index contributed by atoms with van der Waals surface area (Å²) in [6.07, 6.45) is 1.66. The standard InChI is InChI=1S/C14H17NO5S/c1-20-14(17)11-6-7-15(9-11)13(16)10-4-3-5-12(8-10)21(2,18)19/h3-5,8,11H,6-7,9H2,1-2H3. The van der Waals surface area contributed by atoms with Gasteiger partial charge in [-0.1, -0.05) is 6.07 Å². The van der Waals surface area contributed by atoms with Crippen LogP contribution in [0.5, 0.6) is 0 Å². The van der Waals surface area contributed by atoms with Crippen LogP contribution in [-0.2, 0) is 19.4 Å². The number of sulfone groups is 1. The van der Waals surface area contributed by atoms with Crippen LogP contribution in [0.25, 0.3) is 0 Å². The van der Waals surface area contributed by atoms with Gasteiger partial charge >= 0.3 is 5.97 Å². The van der Waals surface area contributed by atoms with Gasteiger partial charge in [0, 0.05) is 24.9 Å². The molecule has 0 N–H and O–H groups in total. The molecule has 0 bridgehead atoms. The number of likely N-dealkylation sites (tertiary alicyclic amines) is 1. The normalized spacial score (nSPS) is 18.6. The molecule has 0 radical (unpaired) electrons. The lowest BCUT2D eigenvalue weighted by Gasteiger charge is -2.16. The first-order chi connectivity index (χ1) is 9.82. The van der Waals surface area contributed by atoms with Gasteiger partial charge in [0.2, 0.25) is 0 Å². The SMILES string of the molecule is COC(=O)C1CCN(C(=O)c2cccc(S(C)(=O)=O)c2)C1. The van der Waals surface area contributed by atoms with Crippen LogP contribution < -0.4 is 0 Å². The van der Waals surface area contributed by atoms with Crippen LogP contribution in [0.1, 0.15) is 16.8 Å². The molecule has 0 spiro atoms. The van der Waals surface area contributed by atoms with E-state index in [0.29, 0.717) is 25.1 Å². The van der Waals surface area contributed by atoms with Gasteiger partial charge in [0.25, 0.3) is 5.91 Å². The summed E-state index contributed by atoms with van der Waals surface area (Å²) in [5.41, 5.74) is 0.309. The summed E-state index contributed by atoms with van der Waals surface area (Å²) in [6.45, 7) is 0.760. The van der Waals surface area contributed by atoms with Crippen molar-refractivity contribution in [3.05, 3.63) is 29.8 Å². The Hall–Kier alpha value is -1.89. The molecule has 1 aliphatic rings. The number of nitrogens with zero attached hydrogens (tertiary/aromatic N) is 1. The van der Waals surface area contributed by atoms with Gasteiger partial charge in [-0.25, -0.2) is 8.42 Å². The fraction of sp³-hybridized carbons (Fsp3) is 0.429. The molecule has 1 fully saturated rings. The third kappa shape index (κ3) is 3.41. The smallest absolute Gasteiger partial charge is 0.310 e. The first-order valence-corrected chi connectivity index (χ1v) is 8.39. The zero-order chi connectivity index (χ0) is 15.6. The average Bonchev–Trinajstić information content (AvgIpc) is 2.94. The van der Waals surface area contributed by atoms with E-state index in [1.807, 2.05) is 0 Å². The van der Waals surface area contributed by atoms with Crippen LogP contribution in [0.3, 0.4) is 0 Å². The van der Waals surface area contributed by atoms with Crippen molar-refractivity contribution in [1.82, 2.24) is 4.90 Å². The van der Waals surface area contributed by atoms with Gasteiger partial charge in [-0.05, 0) is 24.6 Å². The van der Waals surface area contributed by atoms with E-state index in [0.717, 1.165) is 6.26 Å². The molecule has 1 saturated heterocycles. The Labute approximate surface area is 123 Å². The predicted molar refractivity (Wildman–Crippen MR) is 75.6 cm³/mol. The Balaban J connectivity index is 2.17. The number of esters is 1. The maximum absolute atomic E-state index is 12.4. The summed E-state index contributed by atoms with van der Waals surface area (Å²) < 4.78 is 27.7. The number of hydrogen-bond donors (Lipinski definition) is 0. The maximum Gasteiger partial charge on any atom is 0.310 e. The Bertz CT molecular complexity index is 668. The first kappa shape index (κ1) is 15.5. The second kappa shape index (κ2) is 5.85. The number of ether oxygens (including phenoxy) is 1. The molecule has 114 valence electrons. The van der Waals surface area contributed by atoms with Crippen molar-refractivity contribution in [2.24, 2.45) is 5.92 Å². The molecule has 1 aromatic carbocycles. The van der Waals surface area contributed by atoms with Crippen molar-refractivity contribution < 1.29 is 22.7 Å². The van der Waals surface area contributed by atoms with E-state index >= 15 is 0 Å². The summed E-state index contributed by atoms with van der Waals surface area (Å²) >= 11 is 0. The minimum absolute atomic E-state index is 0.108. The highest BCUT2D eigenvalue weighted by Gasteiger charge is 2.32. The zero-order valence-corrected chi connectivity index (χ0v) is 12.7. The monoisotopic (exact) mass is 311 g/mol. The van der Waals surface area contributed by atoms with E-state index in [1.54, 1.807) is 11.0 Å². The van der Waals surface area contributed by atoms with E-state index in [9.17, 15) is 18.0 Å². The summed E-state index contributed by atoms with van der Waals surface area (Å²) in [6, 6.07) is 5.93. The Morgan fingerprint density at radius 2 is 2.05 bits per heavy atom. The van der Waals surface area contributed by atoms with Crippen molar-refractivity contribution in [3.63, 3.8) is 0 Å². The highest BCUT2D eigenvalue weighted by Crippen LogP contribution is 2.21. The Morgan fingerprint density at radius 1 is 1.33 bits per heavy atom. The van der Waals surface area contributed by atoms with Gasteiger partial charge in [-0.15, -0.1) is 0 Å². The Morgan fingerprint density at radius 3 is 2.67 bits per heavy atom. The fourth-order valence-corrected chi connectivity index (χ4v) is 3.01. The van der Waals surface area contributed by atoms with Crippen LogP contribution in [0.2, 0.25) is 0 Å². The number of rotatable bonds is 3. The van der Waals surface area contributed by atoms with E-state index < -0.39 is 9.84 Å². The van der Waals surface area contributed by atoms with Crippen molar-refractivity contribution >= 4 is 21.7 Å². The van der Waals surface area contributed by atoms with E-state index in [2.05, 4.69) is 4.74 Å². The third-order valence-corrected chi connectivity index (χ3v) is 4.63. The van der Waals surface area contributed by atoms with Gasteiger partial charge in [-0.3, -0.25) is 9.59 Å². The number of hydrogen-bond acceptors (Lipinski definition) is 5. The molecule has 1 aromatic rings. The molecule has 1 amide bonds. The van der Waals surface area contributed by atoms with Crippen LogP contribution >= 0.6 is 0 Å². The van der Waals surface area contributed by atoms with Gasteiger partial charge in [0.05, 0.1) is 17.9 Å². The second-order valence-corrected chi connectivity index (χ2v) is 7.08. The van der Waals surface area contributed by atoms with Gasteiger partial charge in [0.1, 0.15) is 0 Å². The molecule has 0 saturated carbocycles. The van der Waals surface area contributed by atoms with Crippen LogP contribution in [0, 0.1) is 5.92 Å². The quantitative estimate of drug-likeness (QED) is 0.769. The molecule has 7 heteroatoms. The van der Waals surface area contributed by atoms with E-state index in [1.165, 1.54) is 25.3 Å². The lowest BCUT2D eigenvalue weighted by Crippen LogP contribution is -2.30. The lowest BCUT2D eigenvalue weighted by molar-refractivity contribution is -0.144. The van der Waals surface area contributed by atoms with Gasteiger partial charge in [-0.2, -0.15) is 0 Å². The van der Waals surface area contributed by atoms with Crippen molar-refractivity contribution in [1.29, 1.82) is 0 Å². The maximum atomic E-state index is 12.4. The number of carbonyl (C=O) groups is 2. The van der Waals surface area contributed by atoms with Crippen LogP contribution in [0.15, 0.2) is 29.2 Å².